The summed E-state index contributed by atoms with van der Waals surface area (Å²) in [5.74, 6) is -0.0386. The molecule has 1 heterocycles. The van der Waals surface area contributed by atoms with Gasteiger partial charge < -0.3 is 9.47 Å². The van der Waals surface area contributed by atoms with Crippen LogP contribution in [0, 0.1) is 10.1 Å². The van der Waals surface area contributed by atoms with Crippen LogP contribution < -0.4 is 14.4 Å². The number of nitrogens with zero attached hydrogens (tertiary/aromatic N) is 2. The van der Waals surface area contributed by atoms with Crippen molar-refractivity contribution in [2.45, 2.75) is 6.18 Å². The van der Waals surface area contributed by atoms with Gasteiger partial charge in [0.05, 0.1) is 28.2 Å². The molecule has 1 aliphatic rings. The van der Waals surface area contributed by atoms with Gasteiger partial charge in [-0.25, -0.2) is 0 Å². The van der Waals surface area contributed by atoms with Crippen molar-refractivity contribution in [3.05, 3.63) is 92.9 Å². The molecule has 3 aromatic carbocycles. The third-order valence-corrected chi connectivity index (χ3v) is 6.33. The number of amides is 1. The molecular formula is C24H15F3N2O5S2. The summed E-state index contributed by atoms with van der Waals surface area (Å²) >= 11 is 6.44. The fraction of sp³-hybridized carbons (Fsp3) is 0.0833. The van der Waals surface area contributed by atoms with Gasteiger partial charge in [0.1, 0.15) is 11.5 Å². The Hall–Kier alpha value is -3.90. The Bertz CT molecular complexity index is 1390. The number of carbonyl (C=O) groups excluding carboxylic acids is 1. The first-order chi connectivity index (χ1) is 17.1. The van der Waals surface area contributed by atoms with Crippen LogP contribution in [0.4, 0.5) is 24.5 Å². The number of carbonyl (C=O) groups is 1. The Labute approximate surface area is 212 Å². The van der Waals surface area contributed by atoms with Crippen molar-refractivity contribution in [1.29, 1.82) is 0 Å². The molecule has 1 fully saturated rings. The number of para-hydroxylation sites is 1. The standard InChI is InChI=1S/C24H15F3N2O5S2/c1-33-17-9-7-16(8-10-17)28-22(30)21(36-23(28)35)12-14-4-2-3-5-19(14)34-20-11-6-15(24(25,26)27)13-18(20)29(31)32/h2-13H,1H3/b21-12-. The first kappa shape index (κ1) is 25.2. The Morgan fingerprint density at radius 2 is 1.75 bits per heavy atom. The van der Waals surface area contributed by atoms with Gasteiger partial charge in [-0.15, -0.1) is 0 Å². The lowest BCUT2D eigenvalue weighted by molar-refractivity contribution is -0.385. The first-order valence-electron chi connectivity index (χ1n) is 10.1. The fourth-order valence-corrected chi connectivity index (χ4v) is 4.59. The summed E-state index contributed by atoms with van der Waals surface area (Å²) in [7, 11) is 1.52. The van der Waals surface area contributed by atoms with Gasteiger partial charge in [-0.2, -0.15) is 13.2 Å². The maximum absolute atomic E-state index is 13.1. The molecule has 0 aromatic heterocycles. The molecule has 0 spiro atoms. The number of nitro benzene ring substituents is 1. The molecule has 0 saturated carbocycles. The SMILES string of the molecule is COc1ccc(N2C(=O)/C(=C/c3ccccc3Oc3ccc(C(F)(F)F)cc3[N+](=O)[O-])SC2=S)cc1. The van der Waals surface area contributed by atoms with Crippen molar-refractivity contribution < 1.29 is 32.4 Å². The van der Waals surface area contributed by atoms with E-state index in [1.165, 1.54) is 24.2 Å². The second-order valence-electron chi connectivity index (χ2n) is 7.29. The number of ether oxygens (including phenoxy) is 2. The van der Waals surface area contributed by atoms with Gasteiger partial charge in [0.25, 0.3) is 5.91 Å². The van der Waals surface area contributed by atoms with Crippen LogP contribution in [-0.4, -0.2) is 22.3 Å². The van der Waals surface area contributed by atoms with Crippen molar-refractivity contribution in [2.75, 3.05) is 12.0 Å². The van der Waals surface area contributed by atoms with E-state index in [1.807, 2.05) is 0 Å². The summed E-state index contributed by atoms with van der Waals surface area (Å²) in [6, 6.07) is 15.1. The lowest BCUT2D eigenvalue weighted by Crippen LogP contribution is -2.27. The average Bonchev–Trinajstić information content (AvgIpc) is 3.12. The number of methoxy groups -OCH3 is 1. The number of anilines is 1. The predicted molar refractivity (Wildman–Crippen MR) is 133 cm³/mol. The van der Waals surface area contributed by atoms with Crippen LogP contribution in [0.5, 0.6) is 17.2 Å². The Morgan fingerprint density at radius 3 is 2.39 bits per heavy atom. The van der Waals surface area contributed by atoms with Crippen molar-refractivity contribution in [1.82, 2.24) is 0 Å². The number of thioether (sulfide) groups is 1. The number of thiocarbonyl (C=S) groups is 1. The molecule has 0 bridgehead atoms. The Balaban J connectivity index is 1.65. The lowest BCUT2D eigenvalue weighted by Gasteiger charge is -2.14. The summed E-state index contributed by atoms with van der Waals surface area (Å²) < 4.78 is 50.1. The van der Waals surface area contributed by atoms with Gasteiger partial charge in [-0.1, -0.05) is 42.2 Å². The molecule has 0 atom stereocenters. The van der Waals surface area contributed by atoms with E-state index < -0.39 is 22.4 Å². The summed E-state index contributed by atoms with van der Waals surface area (Å²) in [5.41, 5.74) is -1.09. The summed E-state index contributed by atoms with van der Waals surface area (Å²) in [5, 5.41) is 11.4. The molecule has 0 aliphatic carbocycles. The van der Waals surface area contributed by atoms with Crippen LogP contribution in [0.2, 0.25) is 0 Å². The van der Waals surface area contributed by atoms with Gasteiger partial charge in [-0.05, 0) is 48.5 Å². The van der Waals surface area contributed by atoms with Gasteiger partial charge in [0.15, 0.2) is 4.32 Å². The minimum Gasteiger partial charge on any atom is -0.497 e. The normalized spacial score (nSPS) is 14.9. The number of hydrogen-bond acceptors (Lipinski definition) is 7. The zero-order valence-corrected chi connectivity index (χ0v) is 19.9. The third-order valence-electron chi connectivity index (χ3n) is 5.03. The van der Waals surface area contributed by atoms with Gasteiger partial charge in [-0.3, -0.25) is 19.8 Å². The van der Waals surface area contributed by atoms with Crippen LogP contribution in [0.15, 0.2) is 71.6 Å². The molecule has 184 valence electrons. The van der Waals surface area contributed by atoms with Crippen LogP contribution in [0.3, 0.4) is 0 Å². The van der Waals surface area contributed by atoms with Crippen LogP contribution in [0.25, 0.3) is 6.08 Å². The van der Waals surface area contributed by atoms with E-state index >= 15 is 0 Å². The number of halogens is 3. The van der Waals surface area contributed by atoms with Crippen molar-refractivity contribution in [2.24, 2.45) is 0 Å². The maximum Gasteiger partial charge on any atom is 0.416 e. The highest BCUT2D eigenvalue weighted by atomic mass is 32.2. The van der Waals surface area contributed by atoms with Gasteiger partial charge >= 0.3 is 11.9 Å². The highest BCUT2D eigenvalue weighted by molar-refractivity contribution is 8.27. The van der Waals surface area contributed by atoms with Crippen molar-refractivity contribution in [3.8, 4) is 17.2 Å². The molecule has 0 unspecified atom stereocenters. The number of hydrogen-bond donors (Lipinski definition) is 0. The highest BCUT2D eigenvalue weighted by Gasteiger charge is 2.35. The van der Waals surface area contributed by atoms with E-state index in [1.54, 1.807) is 42.5 Å². The summed E-state index contributed by atoms with van der Waals surface area (Å²) in [4.78, 5) is 25.2. The fourth-order valence-electron chi connectivity index (χ4n) is 3.30. The first-order valence-corrected chi connectivity index (χ1v) is 11.4. The smallest absolute Gasteiger partial charge is 0.416 e. The molecule has 1 aliphatic heterocycles. The maximum atomic E-state index is 13.1. The monoisotopic (exact) mass is 532 g/mol. The molecule has 12 heteroatoms. The van der Waals surface area contributed by atoms with E-state index in [0.29, 0.717) is 33.5 Å². The largest absolute Gasteiger partial charge is 0.497 e. The van der Waals surface area contributed by atoms with Crippen LogP contribution in [0.1, 0.15) is 11.1 Å². The minimum atomic E-state index is -4.75. The van der Waals surface area contributed by atoms with Crippen LogP contribution >= 0.6 is 24.0 Å². The second-order valence-corrected chi connectivity index (χ2v) is 8.97. The molecule has 7 nitrogen and oxygen atoms in total. The molecular weight excluding hydrogens is 517 g/mol. The van der Waals surface area contributed by atoms with E-state index in [9.17, 15) is 28.1 Å². The average molecular weight is 533 g/mol. The topological polar surface area (TPSA) is 81.9 Å². The van der Waals surface area contributed by atoms with E-state index in [4.69, 9.17) is 21.7 Å². The molecule has 0 N–H and O–H groups in total. The quantitative estimate of drug-likeness (QED) is 0.149. The lowest BCUT2D eigenvalue weighted by atomic mass is 10.1. The second kappa shape index (κ2) is 9.99. The van der Waals surface area contributed by atoms with Crippen molar-refractivity contribution in [3.63, 3.8) is 0 Å². The molecule has 1 amide bonds. The summed E-state index contributed by atoms with van der Waals surface area (Å²) in [6.07, 6.45) is -3.24. The van der Waals surface area contributed by atoms with Crippen molar-refractivity contribution >= 4 is 51.7 Å². The predicted octanol–water partition coefficient (Wildman–Crippen LogP) is 6.82. The molecule has 3 aromatic rings. The van der Waals surface area contributed by atoms with Crippen LogP contribution in [-0.2, 0) is 11.0 Å². The minimum absolute atomic E-state index is 0.107. The van der Waals surface area contributed by atoms with Gasteiger partial charge in [0, 0.05) is 11.6 Å². The van der Waals surface area contributed by atoms with E-state index in [0.717, 1.165) is 17.8 Å². The zero-order chi connectivity index (χ0) is 26.0. The molecule has 0 radical (unpaired) electrons. The molecule has 1 saturated heterocycles. The number of benzene rings is 3. The number of rotatable bonds is 6. The zero-order valence-electron chi connectivity index (χ0n) is 18.3. The van der Waals surface area contributed by atoms with E-state index in [2.05, 4.69) is 0 Å². The Kier molecular flexibility index (Phi) is 7.00. The Morgan fingerprint density at radius 1 is 1.06 bits per heavy atom. The molecule has 36 heavy (non-hydrogen) atoms. The number of nitro groups is 1. The summed E-state index contributed by atoms with van der Waals surface area (Å²) in [6.45, 7) is 0. The highest BCUT2D eigenvalue weighted by Crippen LogP contribution is 2.41. The number of alkyl halides is 3. The van der Waals surface area contributed by atoms with E-state index in [-0.39, 0.29) is 22.3 Å². The molecule has 4 rings (SSSR count). The third kappa shape index (κ3) is 5.19. The van der Waals surface area contributed by atoms with Gasteiger partial charge in [0.2, 0.25) is 5.75 Å².